The van der Waals surface area contributed by atoms with E-state index in [4.69, 9.17) is 20.9 Å². The van der Waals surface area contributed by atoms with Crippen molar-refractivity contribution in [3.05, 3.63) is 23.8 Å². The van der Waals surface area contributed by atoms with Crippen molar-refractivity contribution in [3.63, 3.8) is 0 Å². The molecule has 0 unspecified atom stereocenters. The summed E-state index contributed by atoms with van der Waals surface area (Å²) in [6.45, 7) is 5.00. The fourth-order valence-electron chi connectivity index (χ4n) is 1.33. The normalized spacial score (nSPS) is 10.3. The molecule has 0 saturated heterocycles. The van der Waals surface area contributed by atoms with Gasteiger partial charge in [0.25, 0.3) is 0 Å². The lowest BCUT2D eigenvalue weighted by molar-refractivity contribution is 0.323. The molecule has 0 aliphatic rings. The molecule has 6 nitrogen and oxygen atoms in total. The van der Waals surface area contributed by atoms with Crippen molar-refractivity contribution < 1.29 is 9.47 Å². The molecule has 0 heterocycles. The van der Waals surface area contributed by atoms with E-state index in [1.54, 1.807) is 0 Å². The van der Waals surface area contributed by atoms with Crippen molar-refractivity contribution in [2.45, 2.75) is 13.8 Å². The topological polar surface area (TPSA) is 95.2 Å². The van der Waals surface area contributed by atoms with E-state index in [0.717, 1.165) is 17.1 Å². The number of rotatable bonds is 6. The van der Waals surface area contributed by atoms with Crippen LogP contribution in [-0.2, 0) is 0 Å². The number of benzene rings is 1. The average molecular weight is 250 g/mol. The van der Waals surface area contributed by atoms with Gasteiger partial charge in [-0.25, -0.2) is 0 Å². The molecule has 98 valence electrons. The van der Waals surface area contributed by atoms with E-state index in [0.29, 0.717) is 13.2 Å². The van der Waals surface area contributed by atoms with Gasteiger partial charge in [0.2, 0.25) is 5.96 Å². The summed E-state index contributed by atoms with van der Waals surface area (Å²) in [5.41, 5.74) is 11.2. The molecule has 6 heteroatoms. The molecule has 0 amide bonds. The number of hydrogen-bond acceptors (Lipinski definition) is 4. The molecule has 4 N–H and O–H groups in total. The summed E-state index contributed by atoms with van der Waals surface area (Å²) in [7, 11) is 0. The summed E-state index contributed by atoms with van der Waals surface area (Å²) < 4.78 is 10.9. The third-order valence-corrected chi connectivity index (χ3v) is 1.90. The lowest BCUT2D eigenvalue weighted by atomic mass is 10.2. The predicted molar refractivity (Wildman–Crippen MR) is 72.2 cm³/mol. The van der Waals surface area contributed by atoms with E-state index in [1.807, 2.05) is 32.0 Å². The van der Waals surface area contributed by atoms with Crippen LogP contribution in [0.1, 0.15) is 19.4 Å². The first-order valence-electron chi connectivity index (χ1n) is 5.68. The first kappa shape index (κ1) is 13.8. The van der Waals surface area contributed by atoms with Gasteiger partial charge in [-0.05, 0) is 26.0 Å². The minimum absolute atomic E-state index is 0.0859. The molecule has 0 atom stereocenters. The van der Waals surface area contributed by atoms with Crippen molar-refractivity contribution in [1.82, 2.24) is 0 Å². The smallest absolute Gasteiger partial charge is 0.211 e. The van der Waals surface area contributed by atoms with Crippen LogP contribution < -0.4 is 20.9 Å². The van der Waals surface area contributed by atoms with Gasteiger partial charge < -0.3 is 20.9 Å². The molecule has 0 aromatic heterocycles. The minimum atomic E-state index is -0.0859. The molecular weight excluding hydrogens is 232 g/mol. The Hall–Kier alpha value is -2.24. The molecule has 18 heavy (non-hydrogen) atoms. The minimum Gasteiger partial charge on any atom is -0.494 e. The van der Waals surface area contributed by atoms with Crippen LogP contribution in [0.25, 0.3) is 0 Å². The van der Waals surface area contributed by atoms with Gasteiger partial charge in [-0.15, -0.1) is 5.10 Å². The zero-order chi connectivity index (χ0) is 13.4. The molecule has 0 fully saturated rings. The van der Waals surface area contributed by atoms with Gasteiger partial charge in [0.1, 0.15) is 11.5 Å². The second-order valence-corrected chi connectivity index (χ2v) is 3.37. The molecule has 0 bridgehead atoms. The van der Waals surface area contributed by atoms with Crippen molar-refractivity contribution in [3.8, 4) is 11.5 Å². The number of hydrogen-bond donors (Lipinski definition) is 2. The summed E-state index contributed by atoms with van der Waals surface area (Å²) in [6, 6.07) is 5.49. The highest BCUT2D eigenvalue weighted by molar-refractivity contribution is 5.82. The van der Waals surface area contributed by atoms with Crippen LogP contribution >= 0.6 is 0 Å². The van der Waals surface area contributed by atoms with Crippen molar-refractivity contribution in [2.75, 3.05) is 13.2 Å². The number of guanidine groups is 1. The lowest BCUT2D eigenvalue weighted by Gasteiger charge is -2.08. The van der Waals surface area contributed by atoms with E-state index in [9.17, 15) is 0 Å². The Morgan fingerprint density at radius 3 is 2.11 bits per heavy atom. The Morgan fingerprint density at radius 2 is 1.67 bits per heavy atom. The quantitative estimate of drug-likeness (QED) is 0.449. The molecule has 0 aliphatic heterocycles. The second-order valence-electron chi connectivity index (χ2n) is 3.37. The Bertz CT molecular complexity index is 415. The first-order chi connectivity index (χ1) is 8.65. The molecule has 0 spiro atoms. The van der Waals surface area contributed by atoms with Crippen LogP contribution in [0.15, 0.2) is 28.4 Å². The highest BCUT2D eigenvalue weighted by Gasteiger charge is 2.01. The van der Waals surface area contributed by atoms with Crippen LogP contribution in [0.4, 0.5) is 0 Å². The van der Waals surface area contributed by atoms with Crippen LogP contribution in [0.2, 0.25) is 0 Å². The monoisotopic (exact) mass is 250 g/mol. The molecule has 1 aromatic rings. The van der Waals surface area contributed by atoms with Gasteiger partial charge >= 0.3 is 0 Å². The van der Waals surface area contributed by atoms with Crippen LogP contribution in [0.3, 0.4) is 0 Å². The van der Waals surface area contributed by atoms with Crippen molar-refractivity contribution in [1.29, 1.82) is 0 Å². The maximum Gasteiger partial charge on any atom is 0.211 e. The maximum absolute atomic E-state index is 5.43. The lowest BCUT2D eigenvalue weighted by Crippen LogP contribution is -2.21. The van der Waals surface area contributed by atoms with Crippen molar-refractivity contribution >= 4 is 12.2 Å². The summed E-state index contributed by atoms with van der Waals surface area (Å²) in [5, 5.41) is 7.28. The number of ether oxygens (including phenoxy) is 2. The Balaban J connectivity index is 2.95. The van der Waals surface area contributed by atoms with Gasteiger partial charge in [0, 0.05) is 11.6 Å². The third-order valence-electron chi connectivity index (χ3n) is 1.90. The zero-order valence-corrected chi connectivity index (χ0v) is 10.6. The van der Waals surface area contributed by atoms with E-state index in [2.05, 4.69) is 10.2 Å². The Kier molecular flexibility index (Phi) is 5.50. The van der Waals surface area contributed by atoms with E-state index < -0.39 is 0 Å². The summed E-state index contributed by atoms with van der Waals surface area (Å²) in [4.78, 5) is 0. The SMILES string of the molecule is CCOc1cc(C=NN=C(N)N)cc(OCC)c1. The van der Waals surface area contributed by atoms with Gasteiger partial charge in [-0.2, -0.15) is 5.10 Å². The first-order valence-corrected chi connectivity index (χ1v) is 5.68. The van der Waals surface area contributed by atoms with Crippen LogP contribution in [0.5, 0.6) is 11.5 Å². The largest absolute Gasteiger partial charge is 0.494 e. The molecule has 1 rings (SSSR count). The van der Waals surface area contributed by atoms with Gasteiger partial charge in [-0.1, -0.05) is 0 Å². The number of nitrogens with zero attached hydrogens (tertiary/aromatic N) is 2. The average Bonchev–Trinajstić information content (AvgIpc) is 2.29. The van der Waals surface area contributed by atoms with E-state index >= 15 is 0 Å². The Labute approximate surface area is 106 Å². The summed E-state index contributed by atoms with van der Waals surface area (Å²) >= 11 is 0. The molecular formula is C12H18N4O2. The fraction of sp³-hybridized carbons (Fsp3) is 0.333. The van der Waals surface area contributed by atoms with Gasteiger partial charge in [0.15, 0.2) is 0 Å². The standard InChI is InChI=1S/C12H18N4O2/c1-3-17-10-5-9(8-15-16-12(13)14)6-11(7-10)18-4-2/h5-8H,3-4H2,1-2H3,(H4,13,14,16). The third kappa shape index (κ3) is 4.73. The summed E-state index contributed by atoms with van der Waals surface area (Å²) in [6.07, 6.45) is 1.53. The van der Waals surface area contributed by atoms with Crippen LogP contribution in [-0.4, -0.2) is 25.4 Å². The van der Waals surface area contributed by atoms with E-state index in [-0.39, 0.29) is 5.96 Å². The van der Waals surface area contributed by atoms with Gasteiger partial charge in [-0.3, -0.25) is 0 Å². The van der Waals surface area contributed by atoms with Crippen LogP contribution in [0, 0.1) is 0 Å². The highest BCUT2D eigenvalue weighted by Crippen LogP contribution is 2.22. The van der Waals surface area contributed by atoms with E-state index in [1.165, 1.54) is 6.21 Å². The fourth-order valence-corrected chi connectivity index (χ4v) is 1.33. The van der Waals surface area contributed by atoms with Crippen molar-refractivity contribution in [2.24, 2.45) is 21.7 Å². The summed E-state index contributed by atoms with van der Waals surface area (Å²) in [5.74, 6) is 1.35. The van der Waals surface area contributed by atoms with Gasteiger partial charge in [0.05, 0.1) is 19.4 Å². The highest BCUT2D eigenvalue weighted by atomic mass is 16.5. The maximum atomic E-state index is 5.43. The second kappa shape index (κ2) is 7.16. The Morgan fingerprint density at radius 1 is 1.11 bits per heavy atom. The molecule has 0 aliphatic carbocycles. The zero-order valence-electron chi connectivity index (χ0n) is 10.6. The number of nitrogens with two attached hydrogens (primary N) is 2. The molecule has 0 radical (unpaired) electrons. The molecule has 1 aromatic carbocycles. The predicted octanol–water partition coefficient (Wildman–Crippen LogP) is 1.09. The molecule has 0 saturated carbocycles.